The third-order valence-corrected chi connectivity index (χ3v) is 2.88. The topological polar surface area (TPSA) is 68.3 Å². The van der Waals surface area contributed by atoms with E-state index in [0.29, 0.717) is 16.3 Å². The second kappa shape index (κ2) is 6.16. The number of nitrogens with one attached hydrogen (secondary N) is 1. The highest BCUT2D eigenvalue weighted by Gasteiger charge is 2.12. The average molecular weight is 291 g/mol. The number of hydrogen-bond acceptors (Lipinski definition) is 4. The first-order valence-electron chi connectivity index (χ1n) is 5.71. The Balaban J connectivity index is 2.20. The number of benzene rings is 1. The molecule has 102 valence electrons. The van der Waals surface area contributed by atoms with Gasteiger partial charge >= 0.3 is 5.97 Å². The van der Waals surface area contributed by atoms with Crippen LogP contribution in [-0.4, -0.2) is 24.0 Å². The Bertz CT molecular complexity index is 658. The second-order valence-electron chi connectivity index (χ2n) is 3.88. The first kappa shape index (κ1) is 14.0. The quantitative estimate of drug-likeness (QED) is 0.883. The van der Waals surface area contributed by atoms with E-state index in [1.165, 1.54) is 31.6 Å². The Labute approximate surface area is 120 Å². The zero-order valence-electron chi connectivity index (χ0n) is 10.6. The van der Waals surface area contributed by atoms with Crippen molar-refractivity contribution < 1.29 is 14.3 Å². The summed E-state index contributed by atoms with van der Waals surface area (Å²) in [6.45, 7) is 0. The molecule has 0 spiro atoms. The Hall–Kier alpha value is -2.40. The number of nitrogens with zero attached hydrogens (tertiary/aromatic N) is 1. The summed E-state index contributed by atoms with van der Waals surface area (Å²) in [6, 6.07) is 7.95. The molecule has 5 nitrogen and oxygen atoms in total. The van der Waals surface area contributed by atoms with Gasteiger partial charge in [0.15, 0.2) is 0 Å². The maximum atomic E-state index is 12.0. The first-order valence-corrected chi connectivity index (χ1v) is 6.09. The fourth-order valence-electron chi connectivity index (χ4n) is 1.58. The van der Waals surface area contributed by atoms with Crippen molar-refractivity contribution in [3.63, 3.8) is 0 Å². The molecule has 1 heterocycles. The molecule has 20 heavy (non-hydrogen) atoms. The molecule has 1 N–H and O–H groups in total. The molecular formula is C14H11ClN2O3. The van der Waals surface area contributed by atoms with E-state index in [-0.39, 0.29) is 5.56 Å². The summed E-state index contributed by atoms with van der Waals surface area (Å²) in [4.78, 5) is 27.3. The van der Waals surface area contributed by atoms with Crippen LogP contribution >= 0.6 is 11.6 Å². The van der Waals surface area contributed by atoms with Crippen molar-refractivity contribution in [2.45, 2.75) is 0 Å². The summed E-state index contributed by atoms with van der Waals surface area (Å²) < 4.78 is 4.62. The number of ether oxygens (including phenoxy) is 1. The van der Waals surface area contributed by atoms with Crippen LogP contribution < -0.4 is 5.32 Å². The molecule has 6 heteroatoms. The van der Waals surface area contributed by atoms with E-state index in [9.17, 15) is 9.59 Å². The Kier molecular flexibility index (Phi) is 4.32. The van der Waals surface area contributed by atoms with E-state index >= 15 is 0 Å². The number of methoxy groups -OCH3 is 1. The standard InChI is InChI=1S/C14H11ClN2O3/c1-20-14(19)9-3-2-4-10(7-9)17-13(18)11-8-16-6-5-12(11)15/h2-8H,1H3,(H,17,18). The highest BCUT2D eigenvalue weighted by atomic mass is 35.5. The monoisotopic (exact) mass is 290 g/mol. The molecule has 2 aromatic rings. The van der Waals surface area contributed by atoms with Gasteiger partial charge in [0.25, 0.3) is 5.91 Å². The molecule has 0 fully saturated rings. The molecule has 2 rings (SSSR count). The van der Waals surface area contributed by atoms with Crippen molar-refractivity contribution in [1.29, 1.82) is 0 Å². The predicted octanol–water partition coefficient (Wildman–Crippen LogP) is 2.77. The highest BCUT2D eigenvalue weighted by molar-refractivity contribution is 6.34. The van der Waals surface area contributed by atoms with Crippen molar-refractivity contribution in [2.75, 3.05) is 12.4 Å². The summed E-state index contributed by atoms with van der Waals surface area (Å²) in [5.74, 6) is -0.870. The summed E-state index contributed by atoms with van der Waals surface area (Å²) in [5.41, 5.74) is 1.08. The fraction of sp³-hybridized carbons (Fsp3) is 0.0714. The summed E-state index contributed by atoms with van der Waals surface area (Å²) in [6.07, 6.45) is 2.87. The van der Waals surface area contributed by atoms with E-state index < -0.39 is 11.9 Å². The molecule has 0 aliphatic heterocycles. The van der Waals surface area contributed by atoms with Crippen LogP contribution in [0.2, 0.25) is 5.02 Å². The molecule has 0 unspecified atom stereocenters. The fourth-order valence-corrected chi connectivity index (χ4v) is 1.78. The molecule has 0 aliphatic carbocycles. The van der Waals surface area contributed by atoms with E-state index in [1.54, 1.807) is 18.2 Å². The molecule has 0 saturated heterocycles. The molecule has 1 amide bonds. The lowest BCUT2D eigenvalue weighted by molar-refractivity contribution is 0.0600. The van der Waals surface area contributed by atoms with Gasteiger partial charge in [0.2, 0.25) is 0 Å². The van der Waals surface area contributed by atoms with Gasteiger partial charge in [-0.1, -0.05) is 17.7 Å². The van der Waals surface area contributed by atoms with Crippen molar-refractivity contribution in [2.24, 2.45) is 0 Å². The van der Waals surface area contributed by atoms with Gasteiger partial charge in [-0.25, -0.2) is 4.79 Å². The van der Waals surface area contributed by atoms with Crippen molar-refractivity contribution in [3.05, 3.63) is 58.9 Å². The Morgan fingerprint density at radius 2 is 2.10 bits per heavy atom. The van der Waals surface area contributed by atoms with Gasteiger partial charge in [-0.2, -0.15) is 0 Å². The Morgan fingerprint density at radius 1 is 1.30 bits per heavy atom. The van der Waals surface area contributed by atoms with Crippen molar-refractivity contribution >= 4 is 29.2 Å². The minimum absolute atomic E-state index is 0.262. The number of carbonyl (C=O) groups is 2. The van der Waals surface area contributed by atoms with Gasteiger partial charge in [0.05, 0.1) is 23.3 Å². The van der Waals surface area contributed by atoms with E-state index in [0.717, 1.165) is 0 Å². The molecule has 1 aromatic carbocycles. The number of pyridine rings is 1. The van der Waals surface area contributed by atoms with Gasteiger partial charge in [-0.3, -0.25) is 9.78 Å². The number of aromatic nitrogens is 1. The molecular weight excluding hydrogens is 280 g/mol. The number of carbonyl (C=O) groups excluding carboxylic acids is 2. The predicted molar refractivity (Wildman–Crippen MR) is 75.0 cm³/mol. The van der Waals surface area contributed by atoms with Crippen LogP contribution in [0.4, 0.5) is 5.69 Å². The number of anilines is 1. The molecule has 0 atom stereocenters. The van der Waals surface area contributed by atoms with E-state index in [4.69, 9.17) is 11.6 Å². The minimum Gasteiger partial charge on any atom is -0.465 e. The number of halogens is 1. The zero-order valence-corrected chi connectivity index (χ0v) is 11.3. The summed E-state index contributed by atoms with van der Waals surface area (Å²) in [5, 5.41) is 2.95. The normalized spacial score (nSPS) is 9.90. The molecule has 0 aliphatic rings. The lowest BCUT2D eigenvalue weighted by atomic mass is 10.2. The van der Waals surface area contributed by atoms with Gasteiger partial charge < -0.3 is 10.1 Å². The van der Waals surface area contributed by atoms with Crippen molar-refractivity contribution in [3.8, 4) is 0 Å². The largest absolute Gasteiger partial charge is 0.465 e. The molecule has 0 saturated carbocycles. The third-order valence-electron chi connectivity index (χ3n) is 2.55. The van der Waals surface area contributed by atoms with Crippen LogP contribution in [0.3, 0.4) is 0 Å². The lowest BCUT2D eigenvalue weighted by Gasteiger charge is -2.07. The average Bonchev–Trinajstić information content (AvgIpc) is 2.47. The third kappa shape index (κ3) is 3.13. The van der Waals surface area contributed by atoms with Gasteiger partial charge in [0.1, 0.15) is 0 Å². The maximum absolute atomic E-state index is 12.0. The van der Waals surface area contributed by atoms with Crippen LogP contribution in [0.15, 0.2) is 42.7 Å². The minimum atomic E-state index is -0.472. The SMILES string of the molecule is COC(=O)c1cccc(NC(=O)c2cnccc2Cl)c1. The Morgan fingerprint density at radius 3 is 2.80 bits per heavy atom. The zero-order chi connectivity index (χ0) is 14.5. The second-order valence-corrected chi connectivity index (χ2v) is 4.29. The summed E-state index contributed by atoms with van der Waals surface area (Å²) in [7, 11) is 1.29. The van der Waals surface area contributed by atoms with Crippen LogP contribution in [0, 0.1) is 0 Å². The summed E-state index contributed by atoms with van der Waals surface area (Å²) >= 11 is 5.91. The van der Waals surface area contributed by atoms with Gasteiger partial charge in [0, 0.05) is 18.1 Å². The highest BCUT2D eigenvalue weighted by Crippen LogP contribution is 2.17. The number of esters is 1. The maximum Gasteiger partial charge on any atom is 0.337 e. The number of hydrogen-bond donors (Lipinski definition) is 1. The number of rotatable bonds is 3. The van der Waals surface area contributed by atoms with Gasteiger partial charge in [-0.05, 0) is 24.3 Å². The lowest BCUT2D eigenvalue weighted by Crippen LogP contribution is -2.13. The number of amides is 1. The first-order chi connectivity index (χ1) is 9.61. The molecule has 0 bridgehead atoms. The smallest absolute Gasteiger partial charge is 0.337 e. The van der Waals surface area contributed by atoms with Crippen LogP contribution in [0.25, 0.3) is 0 Å². The van der Waals surface area contributed by atoms with Gasteiger partial charge in [-0.15, -0.1) is 0 Å². The van der Waals surface area contributed by atoms with Crippen molar-refractivity contribution in [1.82, 2.24) is 4.98 Å². The van der Waals surface area contributed by atoms with Crippen LogP contribution in [-0.2, 0) is 4.74 Å². The molecule has 1 aromatic heterocycles. The van der Waals surface area contributed by atoms with E-state index in [2.05, 4.69) is 15.0 Å². The van der Waals surface area contributed by atoms with E-state index in [1.807, 2.05) is 0 Å². The molecule has 0 radical (unpaired) electrons. The van der Waals surface area contributed by atoms with Crippen LogP contribution in [0.1, 0.15) is 20.7 Å². The van der Waals surface area contributed by atoms with Crippen LogP contribution in [0.5, 0.6) is 0 Å².